The summed E-state index contributed by atoms with van der Waals surface area (Å²) < 4.78 is 0.851. The Balaban J connectivity index is 1.60. The normalized spacial score (nSPS) is 23.2. The molecule has 3 aromatic carbocycles. The number of para-hydroxylation sites is 2. The minimum absolute atomic E-state index is 0.0509. The Labute approximate surface area is 181 Å². The van der Waals surface area contributed by atoms with Gasteiger partial charge in [-0.2, -0.15) is 0 Å². The molecule has 0 saturated carbocycles. The number of hydroxylamine groups is 1. The first-order chi connectivity index (χ1) is 14.6. The van der Waals surface area contributed by atoms with E-state index in [-0.39, 0.29) is 11.7 Å². The van der Waals surface area contributed by atoms with Crippen LogP contribution >= 0.6 is 15.9 Å². The van der Waals surface area contributed by atoms with Crippen molar-refractivity contribution >= 4 is 39.1 Å². The van der Waals surface area contributed by atoms with Crippen LogP contribution in [0.15, 0.2) is 83.3 Å². The topological polar surface area (TPSA) is 70.1 Å². The van der Waals surface area contributed by atoms with Gasteiger partial charge in [0.2, 0.25) is 5.91 Å². The van der Waals surface area contributed by atoms with E-state index in [0.717, 1.165) is 4.47 Å². The maximum Gasteiger partial charge on any atom is 0.266 e. The summed E-state index contributed by atoms with van der Waals surface area (Å²) in [4.78, 5) is 33.9. The number of rotatable bonds is 3. The molecule has 0 spiro atoms. The molecule has 2 amide bonds. The molecular weight excluding hydrogens is 448 g/mol. The van der Waals surface area contributed by atoms with Crippen molar-refractivity contribution in [2.75, 3.05) is 9.96 Å². The van der Waals surface area contributed by atoms with Gasteiger partial charge in [-0.15, -0.1) is 0 Å². The summed E-state index contributed by atoms with van der Waals surface area (Å²) >= 11 is 3.37. The number of phenols is 1. The highest BCUT2D eigenvalue weighted by Crippen LogP contribution is 2.49. The zero-order chi connectivity index (χ0) is 20.8. The zero-order valence-electron chi connectivity index (χ0n) is 15.7. The second-order valence-electron chi connectivity index (χ2n) is 7.21. The first-order valence-corrected chi connectivity index (χ1v) is 10.3. The molecule has 0 radical (unpaired) electrons. The lowest BCUT2D eigenvalue weighted by molar-refractivity contribution is -0.126. The van der Waals surface area contributed by atoms with Crippen LogP contribution in [0.25, 0.3) is 0 Å². The molecule has 0 bridgehead atoms. The lowest BCUT2D eigenvalue weighted by atomic mass is 9.90. The zero-order valence-corrected chi connectivity index (χ0v) is 17.3. The molecule has 5 rings (SSSR count). The highest BCUT2D eigenvalue weighted by Gasteiger charge is 2.60. The Kier molecular flexibility index (Phi) is 4.56. The molecule has 0 aromatic heterocycles. The summed E-state index contributed by atoms with van der Waals surface area (Å²) in [6.45, 7) is 0. The SMILES string of the molecule is O=C1[C@@H]2[C@@H](ON(c3ccccc3)[C@H]2c2ccccc2O)C(=O)N1c1ccc(Br)cc1. The second kappa shape index (κ2) is 7.27. The number of carbonyl (C=O) groups is 2. The highest BCUT2D eigenvalue weighted by molar-refractivity contribution is 9.10. The molecule has 3 atom stereocenters. The van der Waals surface area contributed by atoms with Crippen LogP contribution in [0.5, 0.6) is 5.75 Å². The summed E-state index contributed by atoms with van der Waals surface area (Å²) in [5, 5.41) is 12.1. The smallest absolute Gasteiger partial charge is 0.266 e. The average molecular weight is 465 g/mol. The van der Waals surface area contributed by atoms with Crippen molar-refractivity contribution in [3.63, 3.8) is 0 Å². The third-order valence-electron chi connectivity index (χ3n) is 5.47. The largest absolute Gasteiger partial charge is 0.508 e. The third kappa shape index (κ3) is 2.89. The second-order valence-corrected chi connectivity index (χ2v) is 8.12. The Morgan fingerprint density at radius 3 is 2.17 bits per heavy atom. The van der Waals surface area contributed by atoms with Gasteiger partial charge in [-0.3, -0.25) is 14.4 Å². The third-order valence-corrected chi connectivity index (χ3v) is 5.99. The Bertz CT molecular complexity index is 1120. The minimum atomic E-state index is -0.967. The number of hydrogen-bond acceptors (Lipinski definition) is 5. The van der Waals surface area contributed by atoms with Gasteiger partial charge in [0.25, 0.3) is 5.91 Å². The fourth-order valence-electron chi connectivity index (χ4n) is 4.11. The molecule has 2 aliphatic heterocycles. The van der Waals surface area contributed by atoms with E-state index in [2.05, 4.69) is 15.9 Å². The van der Waals surface area contributed by atoms with Crippen LogP contribution in [-0.4, -0.2) is 23.0 Å². The number of hydrogen-bond donors (Lipinski definition) is 1. The minimum Gasteiger partial charge on any atom is -0.508 e. The van der Waals surface area contributed by atoms with Crippen LogP contribution in [0.1, 0.15) is 11.6 Å². The molecule has 0 aliphatic carbocycles. The quantitative estimate of drug-likeness (QED) is 0.588. The molecule has 150 valence electrons. The number of fused-ring (bicyclic) bond motifs is 1. The van der Waals surface area contributed by atoms with Crippen molar-refractivity contribution in [2.45, 2.75) is 12.1 Å². The Morgan fingerprint density at radius 1 is 0.800 bits per heavy atom. The van der Waals surface area contributed by atoms with Crippen molar-refractivity contribution in [3.8, 4) is 5.75 Å². The molecule has 2 heterocycles. The molecule has 2 fully saturated rings. The van der Waals surface area contributed by atoms with E-state index in [1.54, 1.807) is 53.6 Å². The molecule has 0 unspecified atom stereocenters. The molecule has 2 saturated heterocycles. The number of carbonyl (C=O) groups excluding carboxylic acids is 2. The predicted octanol–water partition coefficient (Wildman–Crippen LogP) is 4.21. The van der Waals surface area contributed by atoms with Crippen LogP contribution in [0.2, 0.25) is 0 Å². The van der Waals surface area contributed by atoms with Crippen molar-refractivity contribution < 1.29 is 19.5 Å². The number of halogens is 1. The van der Waals surface area contributed by atoms with E-state index in [0.29, 0.717) is 16.9 Å². The van der Waals surface area contributed by atoms with E-state index in [4.69, 9.17) is 4.84 Å². The van der Waals surface area contributed by atoms with Gasteiger partial charge in [-0.1, -0.05) is 52.3 Å². The maximum absolute atomic E-state index is 13.5. The molecular formula is C23H17BrN2O4. The van der Waals surface area contributed by atoms with Crippen molar-refractivity contribution in [2.24, 2.45) is 5.92 Å². The first kappa shape index (κ1) is 18.8. The fourth-order valence-corrected chi connectivity index (χ4v) is 4.38. The molecule has 1 N–H and O–H groups in total. The van der Waals surface area contributed by atoms with E-state index in [1.165, 1.54) is 4.90 Å². The van der Waals surface area contributed by atoms with Gasteiger partial charge < -0.3 is 5.11 Å². The first-order valence-electron chi connectivity index (χ1n) is 9.48. The van der Waals surface area contributed by atoms with Gasteiger partial charge in [0.1, 0.15) is 11.7 Å². The van der Waals surface area contributed by atoms with Crippen LogP contribution in [-0.2, 0) is 14.4 Å². The average Bonchev–Trinajstić information content (AvgIpc) is 3.26. The van der Waals surface area contributed by atoms with Gasteiger partial charge in [-0.25, -0.2) is 9.96 Å². The molecule has 3 aromatic rings. The standard InChI is InChI=1S/C23H17BrN2O4/c24-14-10-12-15(13-11-14)25-22(28)19-20(17-8-4-5-9-18(17)27)26(30-21(19)23(25)29)16-6-2-1-3-7-16/h1-13,19-21,27H/t19-,20-,21+/m0/s1. The van der Waals surface area contributed by atoms with Gasteiger partial charge in [0.15, 0.2) is 6.10 Å². The molecule has 2 aliphatic rings. The van der Waals surface area contributed by atoms with E-state index >= 15 is 0 Å². The van der Waals surface area contributed by atoms with E-state index in [9.17, 15) is 14.7 Å². The molecule has 30 heavy (non-hydrogen) atoms. The molecule has 6 nitrogen and oxygen atoms in total. The Morgan fingerprint density at radius 2 is 1.47 bits per heavy atom. The number of nitrogens with zero attached hydrogens (tertiary/aromatic N) is 2. The van der Waals surface area contributed by atoms with Crippen molar-refractivity contribution in [1.82, 2.24) is 0 Å². The number of amides is 2. The van der Waals surface area contributed by atoms with Gasteiger partial charge in [0, 0.05) is 10.0 Å². The highest BCUT2D eigenvalue weighted by atomic mass is 79.9. The fraction of sp³-hybridized carbons (Fsp3) is 0.130. The van der Waals surface area contributed by atoms with Gasteiger partial charge in [-0.05, 0) is 42.5 Å². The lowest BCUT2D eigenvalue weighted by Gasteiger charge is -2.29. The summed E-state index contributed by atoms with van der Waals surface area (Å²) in [6, 6.07) is 22.4. The van der Waals surface area contributed by atoms with Crippen molar-refractivity contribution in [3.05, 3.63) is 88.9 Å². The number of aromatic hydroxyl groups is 1. The van der Waals surface area contributed by atoms with Crippen LogP contribution in [0.4, 0.5) is 11.4 Å². The number of phenolic OH excluding ortho intramolecular Hbond substituents is 1. The number of benzene rings is 3. The van der Waals surface area contributed by atoms with E-state index in [1.807, 2.05) is 30.3 Å². The van der Waals surface area contributed by atoms with Crippen LogP contribution < -0.4 is 9.96 Å². The lowest BCUT2D eigenvalue weighted by Crippen LogP contribution is -2.37. The maximum atomic E-state index is 13.5. The van der Waals surface area contributed by atoms with Crippen LogP contribution in [0, 0.1) is 5.92 Å². The summed E-state index contributed by atoms with van der Waals surface area (Å²) in [5.41, 5.74) is 1.73. The number of anilines is 2. The summed E-state index contributed by atoms with van der Waals surface area (Å²) in [6.07, 6.45) is -0.967. The molecule has 7 heteroatoms. The summed E-state index contributed by atoms with van der Waals surface area (Å²) in [5.74, 6) is -1.49. The van der Waals surface area contributed by atoms with Gasteiger partial charge >= 0.3 is 0 Å². The monoisotopic (exact) mass is 464 g/mol. The van der Waals surface area contributed by atoms with E-state index < -0.39 is 24.0 Å². The summed E-state index contributed by atoms with van der Waals surface area (Å²) in [7, 11) is 0. The van der Waals surface area contributed by atoms with Gasteiger partial charge in [0.05, 0.1) is 17.4 Å². The predicted molar refractivity (Wildman–Crippen MR) is 115 cm³/mol. The Hall–Kier alpha value is -3.16. The van der Waals surface area contributed by atoms with Crippen LogP contribution in [0.3, 0.4) is 0 Å². The number of imide groups is 1. The van der Waals surface area contributed by atoms with Crippen molar-refractivity contribution in [1.29, 1.82) is 0 Å².